The van der Waals surface area contributed by atoms with Gasteiger partial charge >= 0.3 is 0 Å². The highest BCUT2D eigenvalue weighted by molar-refractivity contribution is 6.28. The molecular formula is C14H19ClN6. The van der Waals surface area contributed by atoms with Crippen LogP contribution in [0.3, 0.4) is 0 Å². The van der Waals surface area contributed by atoms with E-state index in [2.05, 4.69) is 31.8 Å². The topological polar surface area (TPSA) is 59.7 Å². The van der Waals surface area contributed by atoms with Gasteiger partial charge in [0.2, 0.25) is 17.2 Å². The van der Waals surface area contributed by atoms with E-state index in [9.17, 15) is 0 Å². The zero-order chi connectivity index (χ0) is 14.7. The maximum Gasteiger partial charge on any atom is 0.241 e. The zero-order valence-electron chi connectivity index (χ0n) is 12.1. The van der Waals surface area contributed by atoms with Crippen molar-refractivity contribution in [3.63, 3.8) is 0 Å². The molecule has 0 aromatic carbocycles. The molecule has 3 heterocycles. The third-order valence-corrected chi connectivity index (χ3v) is 4.08. The van der Waals surface area contributed by atoms with E-state index >= 15 is 0 Å². The predicted octanol–water partition coefficient (Wildman–Crippen LogP) is 2.73. The van der Waals surface area contributed by atoms with Crippen molar-refractivity contribution < 1.29 is 0 Å². The van der Waals surface area contributed by atoms with Gasteiger partial charge in [-0.2, -0.15) is 15.0 Å². The Labute approximate surface area is 129 Å². The highest BCUT2D eigenvalue weighted by Crippen LogP contribution is 2.24. The molecule has 1 aliphatic heterocycles. The van der Waals surface area contributed by atoms with E-state index in [-0.39, 0.29) is 5.28 Å². The van der Waals surface area contributed by atoms with Gasteiger partial charge in [0, 0.05) is 25.5 Å². The summed E-state index contributed by atoms with van der Waals surface area (Å²) in [4.78, 5) is 19.1. The summed E-state index contributed by atoms with van der Waals surface area (Å²) in [7, 11) is 0. The van der Waals surface area contributed by atoms with E-state index in [4.69, 9.17) is 11.6 Å². The van der Waals surface area contributed by atoms with Crippen molar-refractivity contribution in [2.24, 2.45) is 5.92 Å². The molecule has 0 amide bonds. The summed E-state index contributed by atoms with van der Waals surface area (Å²) >= 11 is 6.04. The fourth-order valence-electron chi connectivity index (χ4n) is 2.79. The molecular weight excluding hydrogens is 288 g/mol. The molecule has 0 atom stereocenters. The Morgan fingerprint density at radius 2 is 1.95 bits per heavy atom. The summed E-state index contributed by atoms with van der Waals surface area (Å²) in [6.07, 6.45) is 10.1. The third kappa shape index (κ3) is 3.32. The van der Waals surface area contributed by atoms with Crippen molar-refractivity contribution in [3.05, 3.63) is 24.0 Å². The van der Waals surface area contributed by atoms with Crippen LogP contribution >= 0.6 is 11.6 Å². The van der Waals surface area contributed by atoms with Gasteiger partial charge < -0.3 is 4.90 Å². The average Bonchev–Trinajstić information content (AvgIpc) is 3.02. The molecule has 1 saturated heterocycles. The molecule has 0 unspecified atom stereocenters. The summed E-state index contributed by atoms with van der Waals surface area (Å²) in [6, 6.07) is 0. The molecule has 0 radical (unpaired) electrons. The molecule has 0 saturated carbocycles. The number of aromatic nitrogens is 5. The Kier molecular flexibility index (Phi) is 4.34. The lowest BCUT2D eigenvalue weighted by molar-refractivity contribution is 0.376. The van der Waals surface area contributed by atoms with Crippen LogP contribution in [0.5, 0.6) is 0 Å². The first-order chi connectivity index (χ1) is 10.3. The smallest absolute Gasteiger partial charge is 0.241 e. The summed E-state index contributed by atoms with van der Waals surface area (Å²) in [5, 5.41) is 0.222. The average molecular weight is 307 g/mol. The van der Waals surface area contributed by atoms with Crippen LogP contribution in [0.4, 0.5) is 5.95 Å². The molecule has 0 bridgehead atoms. The minimum absolute atomic E-state index is 0.222. The molecule has 112 valence electrons. The van der Waals surface area contributed by atoms with E-state index in [1.165, 1.54) is 25.7 Å². The Bertz CT molecular complexity index is 577. The Balaban J connectivity index is 1.77. The molecule has 1 aliphatic rings. The lowest BCUT2D eigenvalue weighted by Gasteiger charge is -2.31. The van der Waals surface area contributed by atoms with Crippen LogP contribution in [0, 0.1) is 5.92 Å². The molecule has 2 aromatic heterocycles. The number of nitrogens with zero attached hydrogens (tertiary/aromatic N) is 6. The Morgan fingerprint density at radius 3 is 2.62 bits per heavy atom. The van der Waals surface area contributed by atoms with Crippen molar-refractivity contribution >= 4 is 17.5 Å². The number of imidazole rings is 1. The van der Waals surface area contributed by atoms with Crippen molar-refractivity contribution in [2.75, 3.05) is 18.0 Å². The molecule has 6 nitrogen and oxygen atoms in total. The summed E-state index contributed by atoms with van der Waals surface area (Å²) < 4.78 is 1.74. The number of hydrogen-bond acceptors (Lipinski definition) is 5. The zero-order valence-corrected chi connectivity index (χ0v) is 12.9. The van der Waals surface area contributed by atoms with Gasteiger partial charge in [0.1, 0.15) is 6.33 Å². The third-order valence-electron chi connectivity index (χ3n) is 3.91. The van der Waals surface area contributed by atoms with Crippen LogP contribution in [-0.2, 0) is 0 Å². The van der Waals surface area contributed by atoms with Crippen molar-refractivity contribution in [1.82, 2.24) is 24.5 Å². The Morgan fingerprint density at radius 1 is 1.19 bits per heavy atom. The second-order valence-electron chi connectivity index (χ2n) is 5.39. The van der Waals surface area contributed by atoms with Crippen LogP contribution in [0.15, 0.2) is 18.7 Å². The van der Waals surface area contributed by atoms with Gasteiger partial charge in [-0.25, -0.2) is 4.98 Å². The normalized spacial score (nSPS) is 16.4. The van der Waals surface area contributed by atoms with E-state index in [0.717, 1.165) is 19.0 Å². The Hall–Kier alpha value is -1.69. The molecule has 3 rings (SSSR count). The van der Waals surface area contributed by atoms with Crippen LogP contribution in [-0.4, -0.2) is 37.6 Å². The summed E-state index contributed by atoms with van der Waals surface area (Å²) in [5.74, 6) is 2.00. The minimum atomic E-state index is 0.222. The van der Waals surface area contributed by atoms with Gasteiger partial charge in [0.25, 0.3) is 0 Å². The number of piperidine rings is 1. The first-order valence-electron chi connectivity index (χ1n) is 7.41. The molecule has 7 heteroatoms. The van der Waals surface area contributed by atoms with Gasteiger partial charge in [-0.05, 0) is 30.4 Å². The van der Waals surface area contributed by atoms with Crippen LogP contribution in [0.2, 0.25) is 5.28 Å². The maximum absolute atomic E-state index is 6.04. The van der Waals surface area contributed by atoms with E-state index in [1.54, 1.807) is 23.3 Å². The van der Waals surface area contributed by atoms with Crippen LogP contribution in [0.25, 0.3) is 5.95 Å². The van der Waals surface area contributed by atoms with Crippen molar-refractivity contribution in [1.29, 1.82) is 0 Å². The van der Waals surface area contributed by atoms with Gasteiger partial charge in [-0.15, -0.1) is 0 Å². The van der Waals surface area contributed by atoms with Crippen LogP contribution < -0.4 is 4.90 Å². The molecule has 1 fully saturated rings. The maximum atomic E-state index is 6.04. The quantitative estimate of drug-likeness (QED) is 0.869. The summed E-state index contributed by atoms with van der Waals surface area (Å²) in [6.45, 7) is 4.21. The van der Waals surface area contributed by atoms with Gasteiger partial charge in [0.15, 0.2) is 0 Å². The van der Waals surface area contributed by atoms with Crippen molar-refractivity contribution in [3.8, 4) is 5.95 Å². The van der Waals surface area contributed by atoms with E-state index in [1.807, 2.05) is 0 Å². The van der Waals surface area contributed by atoms with Crippen molar-refractivity contribution in [2.45, 2.75) is 32.6 Å². The number of halogens is 1. The molecule has 2 aromatic rings. The van der Waals surface area contributed by atoms with Gasteiger partial charge in [-0.1, -0.05) is 19.8 Å². The number of hydrogen-bond donors (Lipinski definition) is 0. The van der Waals surface area contributed by atoms with E-state index in [0.29, 0.717) is 11.9 Å². The number of anilines is 1. The molecule has 0 aliphatic carbocycles. The predicted molar refractivity (Wildman–Crippen MR) is 81.8 cm³/mol. The molecule has 0 spiro atoms. The molecule has 0 N–H and O–H groups in total. The summed E-state index contributed by atoms with van der Waals surface area (Å²) in [5.41, 5.74) is 0. The highest BCUT2D eigenvalue weighted by Gasteiger charge is 2.21. The van der Waals surface area contributed by atoms with E-state index < -0.39 is 0 Å². The minimum Gasteiger partial charge on any atom is -0.341 e. The lowest BCUT2D eigenvalue weighted by Crippen LogP contribution is -2.35. The largest absolute Gasteiger partial charge is 0.341 e. The first kappa shape index (κ1) is 14.3. The fraction of sp³-hybridized carbons (Fsp3) is 0.571. The standard InChI is InChI=1S/C14H19ClN6/c1-2-3-11-4-7-20(8-5-11)13-17-12(15)18-14(19-13)21-9-6-16-10-21/h6,9-11H,2-5,7-8H2,1H3. The van der Waals surface area contributed by atoms with Gasteiger partial charge in [0.05, 0.1) is 0 Å². The highest BCUT2D eigenvalue weighted by atomic mass is 35.5. The first-order valence-corrected chi connectivity index (χ1v) is 7.79. The number of rotatable bonds is 4. The second kappa shape index (κ2) is 6.39. The fourth-order valence-corrected chi connectivity index (χ4v) is 2.94. The van der Waals surface area contributed by atoms with Crippen LogP contribution in [0.1, 0.15) is 32.6 Å². The lowest BCUT2D eigenvalue weighted by atomic mass is 9.93. The SMILES string of the molecule is CCCC1CCN(c2nc(Cl)nc(-n3ccnc3)n2)CC1. The van der Waals surface area contributed by atoms with Gasteiger partial charge in [-0.3, -0.25) is 4.57 Å². The monoisotopic (exact) mass is 306 g/mol. The molecule has 21 heavy (non-hydrogen) atoms. The second-order valence-corrected chi connectivity index (χ2v) is 5.73.